The SMILES string of the molecule is CCC(CC)CC1(C(=O)C2(c3ccccc3)C=CC=N2)CCCCC1. The van der Waals surface area contributed by atoms with E-state index in [4.69, 9.17) is 4.99 Å². The molecule has 0 amide bonds. The second kappa shape index (κ2) is 7.68. The first-order valence-electron chi connectivity index (χ1n) is 10.0. The van der Waals surface area contributed by atoms with Gasteiger partial charge in [-0.25, -0.2) is 0 Å². The van der Waals surface area contributed by atoms with Crippen molar-refractivity contribution in [1.82, 2.24) is 0 Å². The number of ketones is 1. The zero-order valence-electron chi connectivity index (χ0n) is 15.7. The van der Waals surface area contributed by atoms with Gasteiger partial charge in [0.25, 0.3) is 0 Å². The van der Waals surface area contributed by atoms with Crippen molar-refractivity contribution in [3.63, 3.8) is 0 Å². The van der Waals surface area contributed by atoms with Crippen LogP contribution in [-0.4, -0.2) is 12.0 Å². The molecule has 25 heavy (non-hydrogen) atoms. The zero-order valence-corrected chi connectivity index (χ0v) is 15.7. The second-order valence-electron chi connectivity index (χ2n) is 7.83. The van der Waals surface area contributed by atoms with Crippen LogP contribution in [0.2, 0.25) is 0 Å². The maximum absolute atomic E-state index is 14.0. The van der Waals surface area contributed by atoms with Crippen LogP contribution in [0.5, 0.6) is 0 Å². The fourth-order valence-electron chi connectivity index (χ4n) is 4.80. The van der Waals surface area contributed by atoms with Crippen molar-refractivity contribution in [2.45, 2.75) is 70.8 Å². The lowest BCUT2D eigenvalue weighted by Crippen LogP contribution is -2.46. The van der Waals surface area contributed by atoms with Crippen LogP contribution in [0.3, 0.4) is 0 Å². The number of carbonyl (C=O) groups excluding carboxylic acids is 1. The van der Waals surface area contributed by atoms with E-state index < -0.39 is 5.54 Å². The summed E-state index contributed by atoms with van der Waals surface area (Å²) in [6.07, 6.45) is 14.8. The van der Waals surface area contributed by atoms with Gasteiger partial charge in [0.05, 0.1) is 0 Å². The molecule has 0 spiro atoms. The van der Waals surface area contributed by atoms with Crippen molar-refractivity contribution in [2.75, 3.05) is 0 Å². The first kappa shape index (κ1) is 18.1. The molecule has 1 unspecified atom stereocenters. The van der Waals surface area contributed by atoms with Crippen LogP contribution >= 0.6 is 0 Å². The third kappa shape index (κ3) is 3.36. The summed E-state index contributed by atoms with van der Waals surface area (Å²) < 4.78 is 0. The number of nitrogens with zero attached hydrogens (tertiary/aromatic N) is 1. The highest BCUT2D eigenvalue weighted by Gasteiger charge is 2.51. The monoisotopic (exact) mass is 337 g/mol. The van der Waals surface area contributed by atoms with Gasteiger partial charge in [-0.2, -0.15) is 0 Å². The lowest BCUT2D eigenvalue weighted by atomic mass is 9.61. The fourth-order valence-corrected chi connectivity index (χ4v) is 4.80. The maximum Gasteiger partial charge on any atom is 0.174 e. The summed E-state index contributed by atoms with van der Waals surface area (Å²) in [4.78, 5) is 18.8. The highest BCUT2D eigenvalue weighted by Crippen LogP contribution is 2.49. The Hall–Kier alpha value is -1.70. The molecule has 1 aromatic carbocycles. The lowest BCUT2D eigenvalue weighted by Gasteiger charge is -2.42. The number of rotatable bonds is 7. The third-order valence-electron chi connectivity index (χ3n) is 6.39. The third-order valence-corrected chi connectivity index (χ3v) is 6.39. The van der Waals surface area contributed by atoms with Crippen LogP contribution in [0.1, 0.15) is 70.8 Å². The lowest BCUT2D eigenvalue weighted by molar-refractivity contribution is -0.136. The number of carbonyl (C=O) groups is 1. The molecule has 1 aromatic rings. The minimum absolute atomic E-state index is 0.212. The van der Waals surface area contributed by atoms with Gasteiger partial charge in [-0.1, -0.05) is 76.3 Å². The van der Waals surface area contributed by atoms with Crippen LogP contribution in [0.15, 0.2) is 47.5 Å². The number of benzene rings is 1. The van der Waals surface area contributed by atoms with Crippen molar-refractivity contribution >= 4 is 12.0 Å². The van der Waals surface area contributed by atoms with Crippen LogP contribution in [0.25, 0.3) is 0 Å². The second-order valence-corrected chi connectivity index (χ2v) is 7.83. The molecule has 134 valence electrons. The summed E-state index contributed by atoms with van der Waals surface area (Å²) in [5, 5.41) is 0. The van der Waals surface area contributed by atoms with E-state index in [1.165, 1.54) is 19.3 Å². The minimum Gasteiger partial charge on any atom is -0.296 e. The molecule has 1 aliphatic heterocycles. The predicted molar refractivity (Wildman–Crippen MR) is 105 cm³/mol. The maximum atomic E-state index is 14.0. The average Bonchev–Trinajstić information content (AvgIpc) is 3.18. The Kier molecular flexibility index (Phi) is 5.56. The molecule has 3 rings (SSSR count). The van der Waals surface area contributed by atoms with Gasteiger partial charge in [0, 0.05) is 11.6 Å². The topological polar surface area (TPSA) is 29.4 Å². The summed E-state index contributed by atoms with van der Waals surface area (Å²) >= 11 is 0. The Labute approximate surface area is 152 Å². The number of allylic oxidation sites excluding steroid dienone is 1. The molecule has 0 bridgehead atoms. The van der Waals surface area contributed by atoms with Crippen molar-refractivity contribution < 1.29 is 4.79 Å². The van der Waals surface area contributed by atoms with Gasteiger partial charge in [-0.3, -0.25) is 9.79 Å². The van der Waals surface area contributed by atoms with Gasteiger partial charge in [-0.15, -0.1) is 0 Å². The van der Waals surface area contributed by atoms with Crippen LogP contribution < -0.4 is 0 Å². The fraction of sp³-hybridized carbons (Fsp3) is 0.565. The Morgan fingerprint density at radius 1 is 1.08 bits per heavy atom. The molecule has 1 fully saturated rings. The minimum atomic E-state index is -0.801. The quantitative estimate of drug-likeness (QED) is 0.612. The molecular formula is C23H31NO. The zero-order chi connectivity index (χ0) is 17.8. The summed E-state index contributed by atoms with van der Waals surface area (Å²) in [7, 11) is 0. The number of hydrogen-bond donors (Lipinski definition) is 0. The average molecular weight is 338 g/mol. The highest BCUT2D eigenvalue weighted by atomic mass is 16.1. The molecular weight excluding hydrogens is 306 g/mol. The largest absolute Gasteiger partial charge is 0.296 e. The van der Waals surface area contributed by atoms with E-state index in [1.807, 2.05) is 30.4 Å². The summed E-state index contributed by atoms with van der Waals surface area (Å²) in [5.41, 5.74) is 0.000952. The molecule has 0 aromatic heterocycles. The van der Waals surface area contributed by atoms with E-state index in [2.05, 4.69) is 26.0 Å². The van der Waals surface area contributed by atoms with Crippen molar-refractivity contribution in [3.8, 4) is 0 Å². The number of Topliss-reactive ketones (excluding diaryl/α,β-unsaturated/α-hetero) is 1. The summed E-state index contributed by atoms with van der Waals surface area (Å²) in [6.45, 7) is 4.52. The van der Waals surface area contributed by atoms with Crippen LogP contribution in [-0.2, 0) is 10.3 Å². The van der Waals surface area contributed by atoms with E-state index >= 15 is 0 Å². The van der Waals surface area contributed by atoms with Gasteiger partial charge >= 0.3 is 0 Å². The molecule has 2 nitrogen and oxygen atoms in total. The van der Waals surface area contributed by atoms with Crippen molar-refractivity contribution in [3.05, 3.63) is 48.0 Å². The highest BCUT2D eigenvalue weighted by molar-refractivity contribution is 6.00. The molecule has 0 radical (unpaired) electrons. The van der Waals surface area contributed by atoms with E-state index in [1.54, 1.807) is 6.21 Å². The van der Waals surface area contributed by atoms with Gasteiger partial charge in [0.2, 0.25) is 0 Å². The summed E-state index contributed by atoms with van der Waals surface area (Å²) in [6, 6.07) is 10.1. The Morgan fingerprint density at radius 3 is 2.32 bits per heavy atom. The Balaban J connectivity index is 2.01. The van der Waals surface area contributed by atoms with Gasteiger partial charge < -0.3 is 0 Å². The smallest absolute Gasteiger partial charge is 0.174 e. The molecule has 0 N–H and O–H groups in total. The molecule has 1 atom stereocenters. The predicted octanol–water partition coefficient (Wildman–Crippen LogP) is 5.87. The molecule has 1 aliphatic carbocycles. The standard InChI is InChI=1S/C23H31NO/c1-3-19(4-2)18-22(14-9-6-10-15-22)21(25)23(16-11-17-24-23)20-12-7-5-8-13-20/h5,7-8,11-13,16-17,19H,3-4,6,9-10,14-15,18H2,1-2H3. The van der Waals surface area contributed by atoms with E-state index in [0.717, 1.165) is 37.7 Å². The first-order valence-corrected chi connectivity index (χ1v) is 10.0. The van der Waals surface area contributed by atoms with E-state index in [-0.39, 0.29) is 5.41 Å². The van der Waals surface area contributed by atoms with Gasteiger partial charge in [0.15, 0.2) is 11.3 Å². The van der Waals surface area contributed by atoms with E-state index in [0.29, 0.717) is 11.7 Å². The van der Waals surface area contributed by atoms with Crippen molar-refractivity contribution in [2.24, 2.45) is 16.3 Å². The normalized spacial score (nSPS) is 24.8. The molecule has 1 heterocycles. The van der Waals surface area contributed by atoms with Gasteiger partial charge in [0.1, 0.15) is 0 Å². The molecule has 1 saturated carbocycles. The Bertz CT molecular complexity index is 621. The van der Waals surface area contributed by atoms with Crippen LogP contribution in [0.4, 0.5) is 0 Å². The number of aliphatic imine (C=N–C) groups is 1. The molecule has 2 heteroatoms. The number of hydrogen-bond acceptors (Lipinski definition) is 2. The van der Waals surface area contributed by atoms with E-state index in [9.17, 15) is 4.79 Å². The Morgan fingerprint density at radius 2 is 1.76 bits per heavy atom. The first-order chi connectivity index (χ1) is 12.2. The van der Waals surface area contributed by atoms with Crippen LogP contribution in [0, 0.1) is 11.3 Å². The summed E-state index contributed by atoms with van der Waals surface area (Å²) in [5.74, 6) is 0.965. The van der Waals surface area contributed by atoms with Crippen molar-refractivity contribution in [1.29, 1.82) is 0 Å². The molecule has 0 saturated heterocycles. The molecule has 2 aliphatic rings. The van der Waals surface area contributed by atoms with Gasteiger partial charge in [-0.05, 0) is 42.9 Å².